The smallest absolute Gasteiger partial charge is 0.295 e. The SMILES string of the molecule is CCCc1ccc(-c2csc(NC(=O)c3nc4nc(C)cc(C)n4n3)n2)cc1. The Balaban J connectivity index is 1.52. The van der Waals surface area contributed by atoms with E-state index in [1.54, 1.807) is 4.52 Å². The number of nitrogens with one attached hydrogen (secondary N) is 1. The zero-order chi connectivity index (χ0) is 19.7. The molecule has 28 heavy (non-hydrogen) atoms. The predicted octanol–water partition coefficient (Wildman–Crippen LogP) is 4.07. The monoisotopic (exact) mass is 392 g/mol. The Morgan fingerprint density at radius 2 is 1.93 bits per heavy atom. The first-order valence-corrected chi connectivity index (χ1v) is 9.98. The molecule has 0 bridgehead atoms. The molecular weight excluding hydrogens is 372 g/mol. The number of nitrogens with zero attached hydrogens (tertiary/aromatic N) is 5. The maximum absolute atomic E-state index is 12.5. The van der Waals surface area contributed by atoms with Crippen molar-refractivity contribution in [2.75, 3.05) is 5.32 Å². The second-order valence-corrected chi connectivity index (χ2v) is 7.48. The lowest BCUT2D eigenvalue weighted by molar-refractivity contribution is 0.101. The number of amides is 1. The second kappa shape index (κ2) is 7.47. The number of thiazole rings is 1. The van der Waals surface area contributed by atoms with Crippen LogP contribution in [0.4, 0.5) is 5.13 Å². The number of anilines is 1. The first-order valence-electron chi connectivity index (χ1n) is 9.10. The van der Waals surface area contributed by atoms with Crippen molar-refractivity contribution in [2.45, 2.75) is 33.6 Å². The Morgan fingerprint density at radius 1 is 1.14 bits per heavy atom. The number of hydrogen-bond acceptors (Lipinski definition) is 6. The minimum atomic E-state index is -0.401. The van der Waals surface area contributed by atoms with Gasteiger partial charge in [-0.1, -0.05) is 37.6 Å². The molecule has 0 saturated carbocycles. The summed E-state index contributed by atoms with van der Waals surface area (Å²) in [6.07, 6.45) is 2.19. The first-order chi connectivity index (χ1) is 13.5. The van der Waals surface area contributed by atoms with Crippen LogP contribution in [0, 0.1) is 13.8 Å². The van der Waals surface area contributed by atoms with Gasteiger partial charge in [0.25, 0.3) is 11.7 Å². The Hall–Kier alpha value is -3.13. The van der Waals surface area contributed by atoms with E-state index in [1.807, 2.05) is 25.3 Å². The van der Waals surface area contributed by atoms with E-state index in [-0.39, 0.29) is 5.82 Å². The number of fused-ring (bicyclic) bond motifs is 1. The van der Waals surface area contributed by atoms with E-state index in [0.29, 0.717) is 10.9 Å². The number of aromatic nitrogens is 5. The fourth-order valence-electron chi connectivity index (χ4n) is 3.01. The zero-order valence-corrected chi connectivity index (χ0v) is 16.7. The van der Waals surface area contributed by atoms with Gasteiger partial charge in [0.2, 0.25) is 5.82 Å². The topological polar surface area (TPSA) is 85.1 Å². The highest BCUT2D eigenvalue weighted by atomic mass is 32.1. The molecule has 1 amide bonds. The molecule has 1 N–H and O–H groups in total. The molecule has 0 spiro atoms. The van der Waals surface area contributed by atoms with Crippen LogP contribution in [-0.4, -0.2) is 30.5 Å². The molecule has 1 aromatic carbocycles. The summed E-state index contributed by atoms with van der Waals surface area (Å²) in [5.74, 6) is 0.0817. The molecule has 4 aromatic rings. The molecule has 0 aliphatic heterocycles. The van der Waals surface area contributed by atoms with Crippen molar-refractivity contribution in [3.05, 3.63) is 58.5 Å². The number of hydrogen-bond donors (Lipinski definition) is 1. The van der Waals surface area contributed by atoms with Crippen LogP contribution in [0.1, 0.15) is 40.9 Å². The van der Waals surface area contributed by atoms with E-state index in [9.17, 15) is 4.79 Å². The van der Waals surface area contributed by atoms with Gasteiger partial charge in [0, 0.05) is 22.3 Å². The summed E-state index contributed by atoms with van der Waals surface area (Å²) in [5.41, 5.74) is 4.88. The normalized spacial score (nSPS) is 11.1. The molecule has 0 radical (unpaired) electrons. The van der Waals surface area contributed by atoms with Gasteiger partial charge in [-0.2, -0.15) is 4.98 Å². The Kier molecular flexibility index (Phi) is 4.87. The molecule has 4 rings (SSSR count). The molecule has 0 unspecified atom stereocenters. The number of aryl methyl sites for hydroxylation is 3. The molecule has 3 aromatic heterocycles. The summed E-state index contributed by atoms with van der Waals surface area (Å²) in [4.78, 5) is 25.6. The van der Waals surface area contributed by atoms with Gasteiger partial charge >= 0.3 is 0 Å². The molecule has 142 valence electrons. The van der Waals surface area contributed by atoms with Gasteiger partial charge in [-0.15, -0.1) is 16.4 Å². The average molecular weight is 392 g/mol. The minimum Gasteiger partial charge on any atom is -0.295 e. The number of benzene rings is 1. The van der Waals surface area contributed by atoms with Gasteiger partial charge in [-0.25, -0.2) is 14.5 Å². The van der Waals surface area contributed by atoms with Gasteiger partial charge in [-0.05, 0) is 31.9 Å². The van der Waals surface area contributed by atoms with E-state index in [0.717, 1.165) is 35.5 Å². The van der Waals surface area contributed by atoms with Crippen molar-refractivity contribution in [1.29, 1.82) is 0 Å². The van der Waals surface area contributed by atoms with Crippen LogP contribution in [0.2, 0.25) is 0 Å². The van der Waals surface area contributed by atoms with Crippen LogP contribution in [-0.2, 0) is 6.42 Å². The van der Waals surface area contributed by atoms with Crippen LogP contribution in [0.25, 0.3) is 17.0 Å². The first kappa shape index (κ1) is 18.2. The van der Waals surface area contributed by atoms with Crippen molar-refractivity contribution in [2.24, 2.45) is 0 Å². The van der Waals surface area contributed by atoms with Gasteiger partial charge in [0.15, 0.2) is 5.13 Å². The molecule has 0 saturated heterocycles. The molecule has 0 aliphatic rings. The second-order valence-electron chi connectivity index (χ2n) is 6.63. The van der Waals surface area contributed by atoms with Crippen molar-refractivity contribution in [3.63, 3.8) is 0 Å². The van der Waals surface area contributed by atoms with Crippen molar-refractivity contribution in [3.8, 4) is 11.3 Å². The molecule has 0 aliphatic carbocycles. The summed E-state index contributed by atoms with van der Waals surface area (Å²) < 4.78 is 1.56. The lowest BCUT2D eigenvalue weighted by Gasteiger charge is -2.01. The fourth-order valence-corrected chi connectivity index (χ4v) is 3.72. The Labute approximate surface area is 166 Å². The number of carbonyl (C=O) groups is 1. The predicted molar refractivity (Wildman–Crippen MR) is 110 cm³/mol. The third-order valence-corrected chi connectivity index (χ3v) is 5.09. The quantitative estimate of drug-likeness (QED) is 0.553. The van der Waals surface area contributed by atoms with Crippen molar-refractivity contribution in [1.82, 2.24) is 24.6 Å². The van der Waals surface area contributed by atoms with Gasteiger partial charge in [-0.3, -0.25) is 10.1 Å². The highest BCUT2D eigenvalue weighted by molar-refractivity contribution is 7.14. The summed E-state index contributed by atoms with van der Waals surface area (Å²) >= 11 is 1.37. The third kappa shape index (κ3) is 3.63. The average Bonchev–Trinajstić information content (AvgIpc) is 3.30. The van der Waals surface area contributed by atoms with Crippen LogP contribution in [0.15, 0.2) is 35.7 Å². The van der Waals surface area contributed by atoms with Crippen molar-refractivity contribution >= 4 is 28.2 Å². The molecule has 0 atom stereocenters. The van der Waals surface area contributed by atoms with Crippen LogP contribution in [0.3, 0.4) is 0 Å². The molecule has 0 fully saturated rings. The maximum atomic E-state index is 12.5. The summed E-state index contributed by atoms with van der Waals surface area (Å²) in [7, 11) is 0. The summed E-state index contributed by atoms with van der Waals surface area (Å²) in [5, 5.41) is 9.47. The molecule has 7 nitrogen and oxygen atoms in total. The van der Waals surface area contributed by atoms with E-state index >= 15 is 0 Å². The summed E-state index contributed by atoms with van der Waals surface area (Å²) in [6.45, 7) is 5.95. The third-order valence-electron chi connectivity index (χ3n) is 4.33. The number of carbonyl (C=O) groups excluding carboxylic acids is 1. The Bertz CT molecular complexity index is 1150. The van der Waals surface area contributed by atoms with E-state index in [4.69, 9.17) is 0 Å². The van der Waals surface area contributed by atoms with E-state index in [2.05, 4.69) is 56.6 Å². The van der Waals surface area contributed by atoms with E-state index < -0.39 is 5.91 Å². The van der Waals surface area contributed by atoms with Gasteiger partial charge in [0.1, 0.15) is 0 Å². The molecule has 8 heteroatoms. The molecule has 3 heterocycles. The Morgan fingerprint density at radius 3 is 2.68 bits per heavy atom. The maximum Gasteiger partial charge on any atom is 0.297 e. The summed E-state index contributed by atoms with van der Waals surface area (Å²) in [6, 6.07) is 10.3. The zero-order valence-electron chi connectivity index (χ0n) is 15.9. The highest BCUT2D eigenvalue weighted by Crippen LogP contribution is 2.25. The minimum absolute atomic E-state index is 0.0712. The lowest BCUT2D eigenvalue weighted by atomic mass is 10.1. The highest BCUT2D eigenvalue weighted by Gasteiger charge is 2.17. The van der Waals surface area contributed by atoms with Gasteiger partial charge in [0.05, 0.1) is 5.69 Å². The van der Waals surface area contributed by atoms with Crippen LogP contribution in [0.5, 0.6) is 0 Å². The largest absolute Gasteiger partial charge is 0.297 e. The number of rotatable bonds is 5. The van der Waals surface area contributed by atoms with E-state index in [1.165, 1.54) is 16.9 Å². The van der Waals surface area contributed by atoms with Crippen LogP contribution < -0.4 is 5.32 Å². The van der Waals surface area contributed by atoms with Gasteiger partial charge < -0.3 is 0 Å². The van der Waals surface area contributed by atoms with Crippen molar-refractivity contribution < 1.29 is 4.79 Å². The fraction of sp³-hybridized carbons (Fsp3) is 0.250. The standard InChI is InChI=1S/C20H20N6OS/c1-4-5-14-6-8-15(9-7-14)16-11-28-20(22-16)24-18(27)17-23-19-21-12(2)10-13(3)26(19)25-17/h6-11H,4-5H2,1-3H3,(H,22,24,27). The van der Waals surface area contributed by atoms with Crippen LogP contribution >= 0.6 is 11.3 Å². The lowest BCUT2D eigenvalue weighted by Crippen LogP contribution is -2.13. The molecular formula is C20H20N6OS.